The summed E-state index contributed by atoms with van der Waals surface area (Å²) in [5, 5.41) is 9.88. The highest BCUT2D eigenvalue weighted by molar-refractivity contribution is 5.80. The molecule has 3 atom stereocenters. The predicted molar refractivity (Wildman–Crippen MR) is 130 cm³/mol. The number of nitrogens with two attached hydrogens (primary N) is 1. The Labute approximate surface area is 207 Å². The summed E-state index contributed by atoms with van der Waals surface area (Å²) in [5.74, 6) is -3.81. The van der Waals surface area contributed by atoms with Gasteiger partial charge >= 0.3 is 23.9 Å². The Morgan fingerprint density at radius 2 is 1.37 bits per heavy atom. The predicted octanol–water partition coefficient (Wildman–Crippen LogP) is 3.75. The molecule has 0 aliphatic carbocycles. The molecule has 2 unspecified atom stereocenters. The van der Waals surface area contributed by atoms with E-state index in [9.17, 15) is 24.3 Å². The lowest BCUT2D eigenvalue weighted by atomic mass is 9.86. The second-order valence-electron chi connectivity index (χ2n) is 10.1. The van der Waals surface area contributed by atoms with E-state index in [4.69, 9.17) is 19.9 Å². The van der Waals surface area contributed by atoms with Gasteiger partial charge in [-0.05, 0) is 30.5 Å². The topological polar surface area (TPSA) is 142 Å². The highest BCUT2D eigenvalue weighted by atomic mass is 16.6. The van der Waals surface area contributed by atoms with Gasteiger partial charge in [0.15, 0.2) is 11.5 Å². The molecule has 0 radical (unpaired) electrons. The first-order chi connectivity index (χ1) is 16.1. The maximum Gasteiger partial charge on any atom is 0.324 e. The number of ether oxygens (including phenoxy) is 3. The van der Waals surface area contributed by atoms with E-state index in [1.807, 2.05) is 13.8 Å². The molecule has 1 aromatic carbocycles. The van der Waals surface area contributed by atoms with Gasteiger partial charge in [0.05, 0.1) is 17.8 Å². The largest absolute Gasteiger partial charge is 0.480 e. The summed E-state index contributed by atoms with van der Waals surface area (Å²) in [6.45, 7) is 13.8. The molecule has 0 fully saturated rings. The van der Waals surface area contributed by atoms with Crippen LogP contribution >= 0.6 is 0 Å². The van der Waals surface area contributed by atoms with Gasteiger partial charge in [0.1, 0.15) is 11.6 Å². The van der Waals surface area contributed by atoms with E-state index in [0.717, 1.165) is 0 Å². The molecule has 0 amide bonds. The lowest BCUT2D eigenvalue weighted by molar-refractivity contribution is -0.157. The van der Waals surface area contributed by atoms with Crippen LogP contribution < -0.4 is 15.2 Å². The molecule has 1 aromatic rings. The van der Waals surface area contributed by atoms with E-state index in [1.165, 1.54) is 12.1 Å². The Morgan fingerprint density at radius 3 is 1.83 bits per heavy atom. The minimum Gasteiger partial charge on any atom is -0.480 e. The van der Waals surface area contributed by atoms with Crippen molar-refractivity contribution in [2.75, 3.05) is 0 Å². The van der Waals surface area contributed by atoms with E-state index >= 15 is 0 Å². The standard InChI is InChI=1S/C26H39NO8/c1-14(2)18(8)24(30)33-17(7)12-26(27,25(31)32)13-19-9-10-20(34-22(28)15(3)4)21(11-19)35-23(29)16(5)6/h9-11,14-18H,12-13,27H2,1-8H3,(H,31,32)/t17-,18?,26?/m0/s1. The van der Waals surface area contributed by atoms with Crippen LogP contribution in [0.2, 0.25) is 0 Å². The molecule has 196 valence electrons. The fourth-order valence-electron chi connectivity index (χ4n) is 3.01. The molecule has 0 aliphatic heterocycles. The van der Waals surface area contributed by atoms with Gasteiger partial charge in [-0.25, -0.2) is 0 Å². The van der Waals surface area contributed by atoms with Gasteiger partial charge in [0.25, 0.3) is 0 Å². The summed E-state index contributed by atoms with van der Waals surface area (Å²) in [7, 11) is 0. The zero-order chi connectivity index (χ0) is 27.1. The summed E-state index contributed by atoms with van der Waals surface area (Å²) in [6.07, 6.45) is -1.02. The fourth-order valence-corrected chi connectivity index (χ4v) is 3.01. The average molecular weight is 494 g/mol. The van der Waals surface area contributed by atoms with Gasteiger partial charge in [0.2, 0.25) is 0 Å². The molecule has 35 heavy (non-hydrogen) atoms. The molecular weight excluding hydrogens is 454 g/mol. The van der Waals surface area contributed by atoms with Crippen molar-refractivity contribution in [1.82, 2.24) is 0 Å². The zero-order valence-corrected chi connectivity index (χ0v) is 21.9. The summed E-state index contributed by atoms with van der Waals surface area (Å²) < 4.78 is 16.2. The highest BCUT2D eigenvalue weighted by Gasteiger charge is 2.37. The number of hydrogen-bond donors (Lipinski definition) is 2. The molecule has 3 N–H and O–H groups in total. The highest BCUT2D eigenvalue weighted by Crippen LogP contribution is 2.32. The van der Waals surface area contributed by atoms with Crippen molar-refractivity contribution < 1.29 is 38.5 Å². The summed E-state index contributed by atoms with van der Waals surface area (Å²) >= 11 is 0. The van der Waals surface area contributed by atoms with E-state index in [0.29, 0.717) is 5.56 Å². The van der Waals surface area contributed by atoms with Crippen LogP contribution in [0, 0.1) is 23.7 Å². The number of aliphatic carboxylic acids is 1. The van der Waals surface area contributed by atoms with Gasteiger partial charge in [-0.1, -0.05) is 54.5 Å². The van der Waals surface area contributed by atoms with Crippen LogP contribution in [0.3, 0.4) is 0 Å². The Bertz CT molecular complexity index is 924. The number of esters is 3. The van der Waals surface area contributed by atoms with Crippen molar-refractivity contribution in [2.24, 2.45) is 29.4 Å². The first-order valence-corrected chi connectivity index (χ1v) is 11.9. The Hall–Kier alpha value is -2.94. The van der Waals surface area contributed by atoms with E-state index < -0.39 is 47.4 Å². The molecule has 9 nitrogen and oxygen atoms in total. The maximum atomic E-state index is 12.3. The molecule has 1 rings (SSSR count). The number of benzene rings is 1. The lowest BCUT2D eigenvalue weighted by Gasteiger charge is -2.29. The zero-order valence-electron chi connectivity index (χ0n) is 21.9. The van der Waals surface area contributed by atoms with Crippen molar-refractivity contribution in [2.45, 2.75) is 79.9 Å². The number of carbonyl (C=O) groups is 4. The van der Waals surface area contributed by atoms with Crippen LogP contribution in [-0.4, -0.2) is 40.6 Å². The average Bonchev–Trinajstić information content (AvgIpc) is 2.73. The van der Waals surface area contributed by atoms with Gasteiger partial charge in [-0.3, -0.25) is 19.2 Å². The summed E-state index contributed by atoms with van der Waals surface area (Å²) in [5.41, 5.74) is 4.94. The maximum absolute atomic E-state index is 12.3. The minimum absolute atomic E-state index is 0.00632. The molecule has 0 spiro atoms. The van der Waals surface area contributed by atoms with Gasteiger partial charge < -0.3 is 25.1 Å². The van der Waals surface area contributed by atoms with Crippen LogP contribution in [-0.2, 0) is 30.3 Å². The SMILES string of the molecule is CC(C)C(=O)Oc1ccc(CC(N)(C[C@H](C)OC(=O)C(C)C(C)C)C(=O)O)cc1OC(=O)C(C)C. The third kappa shape index (κ3) is 8.98. The Kier molecular flexibility index (Phi) is 10.9. The third-order valence-corrected chi connectivity index (χ3v) is 5.66. The van der Waals surface area contributed by atoms with Gasteiger partial charge in [0, 0.05) is 12.8 Å². The summed E-state index contributed by atoms with van der Waals surface area (Å²) in [4.78, 5) is 48.7. The molecule has 0 aromatic heterocycles. The van der Waals surface area contributed by atoms with Crippen molar-refractivity contribution in [3.63, 3.8) is 0 Å². The Morgan fingerprint density at radius 1 is 0.857 bits per heavy atom. The van der Waals surface area contributed by atoms with Crippen LogP contribution in [0.1, 0.15) is 67.4 Å². The second kappa shape index (κ2) is 12.7. The first kappa shape index (κ1) is 30.1. The van der Waals surface area contributed by atoms with Crippen LogP contribution in [0.15, 0.2) is 18.2 Å². The van der Waals surface area contributed by atoms with E-state index in [2.05, 4.69) is 0 Å². The molecular formula is C26H39NO8. The van der Waals surface area contributed by atoms with Crippen molar-refractivity contribution in [1.29, 1.82) is 0 Å². The molecule has 0 saturated carbocycles. The van der Waals surface area contributed by atoms with Crippen molar-refractivity contribution >= 4 is 23.9 Å². The number of rotatable bonds is 12. The number of carbonyl (C=O) groups excluding carboxylic acids is 3. The number of hydrogen-bond acceptors (Lipinski definition) is 8. The minimum atomic E-state index is -1.77. The van der Waals surface area contributed by atoms with E-state index in [-0.39, 0.29) is 36.2 Å². The number of carboxylic acids is 1. The van der Waals surface area contributed by atoms with Gasteiger partial charge in [-0.2, -0.15) is 0 Å². The van der Waals surface area contributed by atoms with Crippen molar-refractivity contribution in [3.05, 3.63) is 23.8 Å². The van der Waals surface area contributed by atoms with Crippen molar-refractivity contribution in [3.8, 4) is 11.5 Å². The molecule has 0 saturated heterocycles. The molecule has 0 bridgehead atoms. The molecule has 9 heteroatoms. The lowest BCUT2D eigenvalue weighted by Crippen LogP contribution is -2.52. The normalized spacial score (nSPS) is 14.9. The smallest absolute Gasteiger partial charge is 0.324 e. The van der Waals surface area contributed by atoms with Crippen LogP contribution in [0.25, 0.3) is 0 Å². The van der Waals surface area contributed by atoms with Gasteiger partial charge in [-0.15, -0.1) is 0 Å². The van der Waals surface area contributed by atoms with Crippen LogP contribution in [0.4, 0.5) is 0 Å². The fraction of sp³-hybridized carbons (Fsp3) is 0.615. The Balaban J connectivity index is 3.19. The first-order valence-electron chi connectivity index (χ1n) is 11.9. The summed E-state index contributed by atoms with van der Waals surface area (Å²) in [6, 6.07) is 4.43. The monoisotopic (exact) mass is 493 g/mol. The quantitative estimate of drug-likeness (QED) is 0.329. The van der Waals surface area contributed by atoms with Crippen LogP contribution in [0.5, 0.6) is 11.5 Å². The second-order valence-corrected chi connectivity index (χ2v) is 10.1. The van der Waals surface area contributed by atoms with E-state index in [1.54, 1.807) is 47.6 Å². The molecule has 0 heterocycles. The molecule has 0 aliphatic rings. The third-order valence-electron chi connectivity index (χ3n) is 5.66. The number of carboxylic acid groups (broad SMARTS) is 1.